The van der Waals surface area contributed by atoms with Gasteiger partial charge >= 0.3 is 0 Å². The molecule has 1 fully saturated rings. The third kappa shape index (κ3) is 4.76. The number of fused-ring (bicyclic) bond motifs is 1. The molecular weight excluding hydrogens is 399 g/mol. The number of rotatable bonds is 5. The Morgan fingerprint density at radius 1 is 0.935 bits per heavy atom. The van der Waals surface area contributed by atoms with Crippen molar-refractivity contribution in [2.24, 2.45) is 0 Å². The molecule has 2 aromatic carbocycles. The van der Waals surface area contributed by atoms with Crippen LogP contribution in [0.3, 0.4) is 0 Å². The van der Waals surface area contributed by atoms with E-state index in [4.69, 9.17) is 4.74 Å². The highest BCUT2D eigenvalue weighted by molar-refractivity contribution is 6.02. The molecule has 0 unspecified atom stereocenters. The van der Waals surface area contributed by atoms with Gasteiger partial charge in [0.1, 0.15) is 11.6 Å². The molecule has 0 spiro atoms. The minimum atomic E-state index is -0.759. The Morgan fingerprint density at radius 3 is 2.39 bits per heavy atom. The van der Waals surface area contributed by atoms with E-state index in [1.54, 1.807) is 29.2 Å². The van der Waals surface area contributed by atoms with Gasteiger partial charge in [0.05, 0.1) is 12.2 Å². The number of benzene rings is 2. The second-order valence-corrected chi connectivity index (χ2v) is 7.89. The molecule has 0 saturated carbocycles. The molecular formula is C24H25FN2O4. The lowest BCUT2D eigenvalue weighted by molar-refractivity contribution is -0.139. The van der Waals surface area contributed by atoms with Crippen LogP contribution < -0.4 is 9.64 Å². The monoisotopic (exact) mass is 424 g/mol. The molecule has 0 aliphatic carbocycles. The number of amides is 2. The van der Waals surface area contributed by atoms with E-state index in [2.05, 4.69) is 0 Å². The van der Waals surface area contributed by atoms with E-state index in [-0.39, 0.29) is 37.0 Å². The van der Waals surface area contributed by atoms with Crippen LogP contribution in [-0.4, -0.2) is 48.2 Å². The molecule has 2 aliphatic heterocycles. The van der Waals surface area contributed by atoms with Gasteiger partial charge in [-0.1, -0.05) is 12.1 Å². The summed E-state index contributed by atoms with van der Waals surface area (Å²) in [5.41, 5.74) is 0.971. The van der Waals surface area contributed by atoms with Crippen LogP contribution in [0.5, 0.6) is 5.75 Å². The first-order valence-electron chi connectivity index (χ1n) is 10.7. The van der Waals surface area contributed by atoms with E-state index >= 15 is 0 Å². The molecule has 7 heteroatoms. The van der Waals surface area contributed by atoms with Crippen molar-refractivity contribution in [1.29, 1.82) is 0 Å². The number of carbonyl (C=O) groups is 3. The maximum absolute atomic E-state index is 13.1. The number of hydrogen-bond acceptors (Lipinski definition) is 4. The molecule has 2 amide bonds. The largest absolute Gasteiger partial charge is 0.476 e. The van der Waals surface area contributed by atoms with Crippen molar-refractivity contribution >= 4 is 23.3 Å². The van der Waals surface area contributed by atoms with Crippen molar-refractivity contribution in [1.82, 2.24) is 4.90 Å². The van der Waals surface area contributed by atoms with Crippen LogP contribution in [0.2, 0.25) is 0 Å². The number of ketones is 1. The molecule has 2 aromatic rings. The van der Waals surface area contributed by atoms with Crippen LogP contribution in [-0.2, 0) is 9.59 Å². The van der Waals surface area contributed by atoms with Crippen molar-refractivity contribution < 1.29 is 23.5 Å². The second kappa shape index (κ2) is 9.29. The van der Waals surface area contributed by atoms with E-state index in [1.165, 1.54) is 24.3 Å². The maximum Gasteiger partial charge on any atom is 0.265 e. The van der Waals surface area contributed by atoms with E-state index in [0.29, 0.717) is 30.1 Å². The summed E-state index contributed by atoms with van der Waals surface area (Å²) in [5, 5.41) is 0. The molecule has 162 valence electrons. The van der Waals surface area contributed by atoms with Crippen LogP contribution >= 0.6 is 0 Å². The molecule has 0 bridgehead atoms. The highest BCUT2D eigenvalue weighted by atomic mass is 19.1. The Morgan fingerprint density at radius 2 is 1.65 bits per heavy atom. The lowest BCUT2D eigenvalue weighted by Crippen LogP contribution is -2.52. The minimum Gasteiger partial charge on any atom is -0.476 e. The molecule has 6 nitrogen and oxygen atoms in total. The van der Waals surface area contributed by atoms with E-state index in [1.807, 2.05) is 4.90 Å². The number of likely N-dealkylation sites (tertiary alicyclic amines) is 1. The summed E-state index contributed by atoms with van der Waals surface area (Å²) in [6.45, 7) is 1.54. The smallest absolute Gasteiger partial charge is 0.265 e. The van der Waals surface area contributed by atoms with E-state index in [9.17, 15) is 18.8 Å². The SMILES string of the molecule is O=C(CCC(=O)N1C[C@H](C(=O)N2CCCCC2)Oc2ccccc21)c1ccc(F)cc1. The third-order valence-corrected chi connectivity index (χ3v) is 5.75. The van der Waals surface area contributed by atoms with Gasteiger partial charge in [-0.05, 0) is 55.7 Å². The van der Waals surface area contributed by atoms with Crippen LogP contribution in [0.4, 0.5) is 10.1 Å². The minimum absolute atomic E-state index is 0.00479. The fourth-order valence-electron chi connectivity index (χ4n) is 4.05. The summed E-state index contributed by atoms with van der Waals surface area (Å²) < 4.78 is 19.0. The predicted octanol–water partition coefficient (Wildman–Crippen LogP) is 3.60. The zero-order chi connectivity index (χ0) is 21.8. The zero-order valence-corrected chi connectivity index (χ0v) is 17.3. The first kappa shape index (κ1) is 21.0. The number of anilines is 1. The summed E-state index contributed by atoms with van der Waals surface area (Å²) in [6, 6.07) is 12.4. The Balaban J connectivity index is 1.46. The number of nitrogens with zero attached hydrogens (tertiary/aromatic N) is 2. The summed E-state index contributed by atoms with van der Waals surface area (Å²) in [4.78, 5) is 41.8. The van der Waals surface area contributed by atoms with Gasteiger partial charge in [-0.2, -0.15) is 0 Å². The number of ether oxygens (including phenoxy) is 1. The van der Waals surface area contributed by atoms with Crippen LogP contribution in [0.1, 0.15) is 42.5 Å². The molecule has 0 aromatic heterocycles. The molecule has 4 rings (SSSR count). The Kier molecular flexibility index (Phi) is 6.30. The van der Waals surface area contributed by atoms with Gasteiger partial charge in [0.2, 0.25) is 5.91 Å². The second-order valence-electron chi connectivity index (χ2n) is 7.89. The van der Waals surface area contributed by atoms with Gasteiger partial charge in [0.15, 0.2) is 11.9 Å². The topological polar surface area (TPSA) is 66.9 Å². The van der Waals surface area contributed by atoms with E-state index < -0.39 is 11.9 Å². The Hall–Kier alpha value is -3.22. The van der Waals surface area contributed by atoms with Gasteiger partial charge in [0.25, 0.3) is 5.91 Å². The van der Waals surface area contributed by atoms with Crippen molar-refractivity contribution in [2.45, 2.75) is 38.2 Å². The average Bonchev–Trinajstić information content (AvgIpc) is 2.82. The van der Waals surface area contributed by atoms with Crippen LogP contribution in [0, 0.1) is 5.82 Å². The quantitative estimate of drug-likeness (QED) is 0.688. The average molecular weight is 424 g/mol. The van der Waals surface area contributed by atoms with Gasteiger partial charge in [0, 0.05) is 31.5 Å². The zero-order valence-electron chi connectivity index (χ0n) is 17.3. The number of halogens is 1. The molecule has 1 atom stereocenters. The number of piperidine rings is 1. The first-order valence-corrected chi connectivity index (χ1v) is 10.7. The summed E-state index contributed by atoms with van der Waals surface area (Å²) >= 11 is 0. The number of carbonyl (C=O) groups excluding carboxylic acids is 3. The number of hydrogen-bond donors (Lipinski definition) is 0. The molecule has 2 aliphatic rings. The molecule has 1 saturated heterocycles. The molecule has 2 heterocycles. The molecule has 0 radical (unpaired) electrons. The summed E-state index contributed by atoms with van der Waals surface area (Å²) in [6.07, 6.45) is 2.31. The summed E-state index contributed by atoms with van der Waals surface area (Å²) in [5.74, 6) is -0.503. The Bertz CT molecular complexity index is 970. The lowest BCUT2D eigenvalue weighted by Gasteiger charge is -2.37. The van der Waals surface area contributed by atoms with Gasteiger partial charge in [-0.3, -0.25) is 14.4 Å². The highest BCUT2D eigenvalue weighted by Gasteiger charge is 2.36. The highest BCUT2D eigenvalue weighted by Crippen LogP contribution is 2.34. The first-order chi connectivity index (χ1) is 15.0. The predicted molar refractivity (Wildman–Crippen MR) is 114 cm³/mol. The van der Waals surface area contributed by atoms with Crippen molar-refractivity contribution in [2.75, 3.05) is 24.5 Å². The van der Waals surface area contributed by atoms with Crippen molar-refractivity contribution in [3.05, 3.63) is 59.9 Å². The van der Waals surface area contributed by atoms with Gasteiger partial charge < -0.3 is 14.5 Å². The van der Waals surface area contributed by atoms with Crippen molar-refractivity contribution in [3.63, 3.8) is 0 Å². The van der Waals surface area contributed by atoms with Crippen LogP contribution in [0.25, 0.3) is 0 Å². The van der Waals surface area contributed by atoms with E-state index in [0.717, 1.165) is 19.3 Å². The number of para-hydroxylation sites is 2. The fourth-order valence-corrected chi connectivity index (χ4v) is 4.05. The number of Topliss-reactive ketones (excluding diaryl/α,β-unsaturated/α-hetero) is 1. The van der Waals surface area contributed by atoms with Crippen molar-refractivity contribution in [3.8, 4) is 5.75 Å². The normalized spacial score (nSPS) is 18.2. The summed E-state index contributed by atoms with van der Waals surface area (Å²) in [7, 11) is 0. The molecule has 0 N–H and O–H groups in total. The Labute approximate surface area is 180 Å². The standard InChI is InChI=1S/C24H25FN2O4/c25-18-10-8-17(9-11-18)20(28)12-13-23(29)27-16-22(24(30)26-14-4-1-5-15-26)31-21-7-3-2-6-19(21)27/h2-3,6-11,22H,1,4-5,12-16H2/t22-/m1/s1. The van der Waals surface area contributed by atoms with Crippen LogP contribution in [0.15, 0.2) is 48.5 Å². The third-order valence-electron chi connectivity index (χ3n) is 5.75. The molecule has 31 heavy (non-hydrogen) atoms. The fraction of sp³-hybridized carbons (Fsp3) is 0.375. The van der Waals surface area contributed by atoms with Gasteiger partial charge in [-0.25, -0.2) is 4.39 Å². The lowest BCUT2D eigenvalue weighted by atomic mass is 10.1. The van der Waals surface area contributed by atoms with Gasteiger partial charge in [-0.15, -0.1) is 0 Å². The maximum atomic E-state index is 13.1.